The van der Waals surface area contributed by atoms with Gasteiger partial charge >= 0.3 is 0 Å². The molecular formula is C30H24ClNO6. The lowest BCUT2D eigenvalue weighted by Crippen LogP contribution is -2.39. The van der Waals surface area contributed by atoms with Crippen LogP contribution >= 0.6 is 11.6 Å². The van der Waals surface area contributed by atoms with Crippen molar-refractivity contribution in [2.75, 3.05) is 12.0 Å². The molecule has 4 aliphatic rings. The number of phenols is 1. The number of ketones is 2. The lowest BCUT2D eigenvalue weighted by molar-refractivity contribution is -0.123. The van der Waals surface area contributed by atoms with Crippen LogP contribution < -0.4 is 9.64 Å². The number of imide groups is 1. The highest BCUT2D eigenvalue weighted by Gasteiger charge is 2.56. The van der Waals surface area contributed by atoms with E-state index in [2.05, 4.69) is 0 Å². The number of anilines is 1. The molecule has 0 bridgehead atoms. The minimum atomic E-state index is -0.674. The van der Waals surface area contributed by atoms with Crippen molar-refractivity contribution in [2.45, 2.75) is 25.7 Å². The van der Waals surface area contributed by atoms with Crippen molar-refractivity contribution in [1.29, 1.82) is 0 Å². The fourth-order valence-electron chi connectivity index (χ4n) is 6.52. The predicted octanol–water partition coefficient (Wildman–Crippen LogP) is 4.69. The minimum absolute atomic E-state index is 0.00168. The van der Waals surface area contributed by atoms with E-state index in [1.165, 1.54) is 30.2 Å². The molecule has 1 aliphatic heterocycles. The fourth-order valence-corrected chi connectivity index (χ4v) is 6.65. The number of phenolic OH excluding ortho intramolecular Hbond substituents is 1. The maximum atomic E-state index is 13.9. The molecule has 6 rings (SSSR count). The number of fused-ring (bicyclic) bond motifs is 3. The highest BCUT2D eigenvalue weighted by Crippen LogP contribution is 2.56. The number of ether oxygens (including phenoxy) is 1. The number of rotatable bonds is 3. The molecule has 1 fully saturated rings. The van der Waals surface area contributed by atoms with Crippen molar-refractivity contribution in [3.8, 4) is 11.5 Å². The van der Waals surface area contributed by atoms with Gasteiger partial charge < -0.3 is 9.84 Å². The summed E-state index contributed by atoms with van der Waals surface area (Å²) in [6.45, 7) is 1.61. The van der Waals surface area contributed by atoms with Gasteiger partial charge in [-0.3, -0.25) is 24.1 Å². The Hall–Kier alpha value is -3.97. The number of halogens is 1. The van der Waals surface area contributed by atoms with Gasteiger partial charge in [-0.05, 0) is 62.1 Å². The van der Waals surface area contributed by atoms with E-state index in [1.54, 1.807) is 37.3 Å². The molecule has 7 nitrogen and oxygen atoms in total. The number of methoxy groups -OCH3 is 1. The minimum Gasteiger partial charge on any atom is -0.508 e. The molecule has 8 heteroatoms. The van der Waals surface area contributed by atoms with Crippen molar-refractivity contribution in [3.63, 3.8) is 0 Å². The van der Waals surface area contributed by atoms with E-state index in [1.807, 2.05) is 6.08 Å². The van der Waals surface area contributed by atoms with Gasteiger partial charge in [0.1, 0.15) is 11.5 Å². The number of hydrogen-bond donors (Lipinski definition) is 1. The van der Waals surface area contributed by atoms with Crippen LogP contribution in [0.3, 0.4) is 0 Å². The number of carbonyl (C=O) groups is 4. The summed E-state index contributed by atoms with van der Waals surface area (Å²) in [5.41, 5.74) is 2.99. The van der Waals surface area contributed by atoms with Crippen molar-refractivity contribution in [2.24, 2.45) is 17.8 Å². The van der Waals surface area contributed by atoms with Crippen LogP contribution in [0.1, 0.15) is 31.2 Å². The Bertz CT molecular complexity index is 1530. The number of hydrogen-bond acceptors (Lipinski definition) is 6. The van der Waals surface area contributed by atoms with Crippen LogP contribution in [0.25, 0.3) is 0 Å². The first-order chi connectivity index (χ1) is 18.2. The van der Waals surface area contributed by atoms with Crippen LogP contribution in [0.5, 0.6) is 11.5 Å². The molecule has 2 aromatic carbocycles. The average Bonchev–Trinajstić information content (AvgIpc) is 3.16. The zero-order valence-corrected chi connectivity index (χ0v) is 21.5. The monoisotopic (exact) mass is 529 g/mol. The Labute approximate surface area is 224 Å². The summed E-state index contributed by atoms with van der Waals surface area (Å²) in [6, 6.07) is 11.2. The van der Waals surface area contributed by atoms with Gasteiger partial charge in [0.15, 0.2) is 11.6 Å². The molecule has 2 aromatic rings. The van der Waals surface area contributed by atoms with Gasteiger partial charge in [0.2, 0.25) is 11.8 Å². The molecule has 3 aliphatic carbocycles. The van der Waals surface area contributed by atoms with Crippen molar-refractivity contribution >= 4 is 40.7 Å². The largest absolute Gasteiger partial charge is 0.508 e. The van der Waals surface area contributed by atoms with Crippen LogP contribution in [0.15, 0.2) is 76.9 Å². The van der Waals surface area contributed by atoms with Crippen LogP contribution in [0.2, 0.25) is 5.02 Å². The quantitative estimate of drug-likeness (QED) is 0.352. The number of amides is 2. The summed E-state index contributed by atoms with van der Waals surface area (Å²) in [6.07, 6.45) is 3.84. The normalized spacial score (nSPS) is 26.6. The summed E-state index contributed by atoms with van der Waals surface area (Å²) in [5.74, 6) is -3.05. The van der Waals surface area contributed by atoms with Gasteiger partial charge in [0.05, 0.1) is 24.6 Å². The van der Waals surface area contributed by atoms with Crippen molar-refractivity contribution < 1.29 is 29.0 Å². The molecule has 38 heavy (non-hydrogen) atoms. The lowest BCUT2D eigenvalue weighted by atomic mass is 9.59. The number of carbonyl (C=O) groups excluding carboxylic acids is 4. The predicted molar refractivity (Wildman–Crippen MR) is 140 cm³/mol. The highest BCUT2D eigenvalue weighted by molar-refractivity contribution is 6.31. The zero-order chi connectivity index (χ0) is 26.9. The summed E-state index contributed by atoms with van der Waals surface area (Å²) in [7, 11) is 1.47. The van der Waals surface area contributed by atoms with Crippen molar-refractivity contribution in [3.05, 3.63) is 87.5 Å². The number of allylic oxidation sites excluding steroid dienone is 6. The standard InChI is InChI=1S/C30H24ClNO6/c1-14-11-23(34)27-22(28(14)35)13-21-18(25(27)19-8-7-17(33)12-24(19)38-2)9-10-20-26(21)30(37)32(29(20)36)16-5-3-15(31)4-6-16/h3-9,11-12,20-21,25-26,33H,10,13H2,1-2H3/t20-,21+,25+,26-/m0/s1. The van der Waals surface area contributed by atoms with Gasteiger partial charge in [-0.2, -0.15) is 0 Å². The van der Waals surface area contributed by atoms with Crippen LogP contribution in [-0.4, -0.2) is 35.6 Å². The van der Waals surface area contributed by atoms with Gasteiger partial charge in [0.25, 0.3) is 0 Å². The number of Topliss-reactive ketones (excluding diaryl/α,β-unsaturated/α-hetero) is 1. The van der Waals surface area contributed by atoms with Gasteiger partial charge in [-0.15, -0.1) is 0 Å². The van der Waals surface area contributed by atoms with Gasteiger partial charge in [-0.25, -0.2) is 0 Å². The third kappa shape index (κ3) is 3.49. The second-order valence-corrected chi connectivity index (χ2v) is 10.6. The molecule has 2 amide bonds. The molecule has 1 N–H and O–H groups in total. The summed E-state index contributed by atoms with van der Waals surface area (Å²) in [4.78, 5) is 55.4. The van der Waals surface area contributed by atoms with E-state index in [4.69, 9.17) is 16.3 Å². The summed E-state index contributed by atoms with van der Waals surface area (Å²) < 4.78 is 5.57. The lowest BCUT2D eigenvalue weighted by Gasteiger charge is -2.42. The number of nitrogens with zero attached hydrogens (tertiary/aromatic N) is 1. The van der Waals surface area contributed by atoms with Crippen LogP contribution in [-0.2, 0) is 19.2 Å². The Morgan fingerprint density at radius 2 is 1.74 bits per heavy atom. The van der Waals surface area contributed by atoms with Crippen molar-refractivity contribution in [1.82, 2.24) is 0 Å². The molecule has 0 spiro atoms. The zero-order valence-electron chi connectivity index (χ0n) is 20.7. The molecule has 0 radical (unpaired) electrons. The van der Waals surface area contributed by atoms with E-state index >= 15 is 0 Å². The second kappa shape index (κ2) is 8.81. The molecular weight excluding hydrogens is 506 g/mol. The van der Waals surface area contributed by atoms with E-state index in [9.17, 15) is 24.3 Å². The fraction of sp³-hybridized carbons (Fsp3) is 0.267. The molecule has 1 saturated heterocycles. The second-order valence-electron chi connectivity index (χ2n) is 10.1. The Balaban J connectivity index is 1.51. The Morgan fingerprint density at radius 1 is 1.00 bits per heavy atom. The Morgan fingerprint density at radius 3 is 2.45 bits per heavy atom. The van der Waals surface area contributed by atoms with Crippen LogP contribution in [0.4, 0.5) is 5.69 Å². The first-order valence-corrected chi connectivity index (χ1v) is 12.8. The highest BCUT2D eigenvalue weighted by atomic mass is 35.5. The molecule has 0 aromatic heterocycles. The SMILES string of the molecule is COc1cc(O)ccc1[C@H]1C2=CC[C@@H]3C(=O)N(c4ccc(Cl)cc4)C(=O)[C@@H]3[C@@H]2CC2=C1C(=O)C=C(C)C2=O. The maximum Gasteiger partial charge on any atom is 0.238 e. The van der Waals surface area contributed by atoms with E-state index in [-0.39, 0.29) is 35.6 Å². The summed E-state index contributed by atoms with van der Waals surface area (Å²) >= 11 is 6.02. The topological polar surface area (TPSA) is 101 Å². The summed E-state index contributed by atoms with van der Waals surface area (Å²) in [5, 5.41) is 10.6. The first-order valence-electron chi connectivity index (χ1n) is 12.4. The van der Waals surface area contributed by atoms with Gasteiger partial charge in [-0.1, -0.05) is 29.3 Å². The smallest absolute Gasteiger partial charge is 0.238 e. The Kier molecular flexibility index (Phi) is 5.65. The number of aromatic hydroxyl groups is 1. The maximum absolute atomic E-state index is 13.9. The van der Waals surface area contributed by atoms with Gasteiger partial charge in [0, 0.05) is 39.3 Å². The molecule has 0 saturated carbocycles. The average molecular weight is 530 g/mol. The van der Waals surface area contributed by atoms with E-state index in [0.29, 0.717) is 45.2 Å². The molecule has 0 unspecified atom stereocenters. The van der Waals surface area contributed by atoms with Crippen LogP contribution in [0, 0.1) is 17.8 Å². The third-order valence-electron chi connectivity index (χ3n) is 8.18. The van der Waals surface area contributed by atoms with E-state index < -0.39 is 23.7 Å². The first kappa shape index (κ1) is 24.4. The molecule has 1 heterocycles. The van der Waals surface area contributed by atoms with E-state index in [0.717, 1.165) is 5.57 Å². The third-order valence-corrected chi connectivity index (χ3v) is 8.43. The molecule has 4 atom stereocenters. The molecule has 192 valence electrons. The number of benzene rings is 2.